The lowest BCUT2D eigenvalue weighted by Crippen LogP contribution is -2.35. The van der Waals surface area contributed by atoms with Crippen LogP contribution < -0.4 is 0 Å². The number of hydrogen-bond acceptors (Lipinski definition) is 12. The second-order valence-electron chi connectivity index (χ2n) is 10.6. The van der Waals surface area contributed by atoms with E-state index in [4.69, 9.17) is 48.8 Å². The van der Waals surface area contributed by atoms with Crippen molar-refractivity contribution in [3.8, 4) is 0 Å². The van der Waals surface area contributed by atoms with Gasteiger partial charge in [-0.15, -0.1) is 0 Å². The fourth-order valence-corrected chi connectivity index (χ4v) is 9.07. The zero-order chi connectivity index (χ0) is 30.5. The molecule has 4 fully saturated rings. The molecule has 3 heterocycles. The van der Waals surface area contributed by atoms with Crippen LogP contribution in [0.3, 0.4) is 0 Å². The third kappa shape index (κ3) is 10.2. The molecule has 0 aromatic rings. The lowest BCUT2D eigenvalue weighted by molar-refractivity contribution is -0.158. The summed E-state index contributed by atoms with van der Waals surface area (Å²) < 4.78 is 84.3. The Hall–Kier alpha value is 0.930. The van der Waals surface area contributed by atoms with E-state index in [0.29, 0.717) is 6.42 Å². The minimum atomic E-state index is -4.21. The summed E-state index contributed by atoms with van der Waals surface area (Å²) in [7, 11) is 0. The first kappa shape index (κ1) is 35.8. The Balaban J connectivity index is 1.27. The first-order chi connectivity index (χ1) is 19.9. The van der Waals surface area contributed by atoms with Crippen molar-refractivity contribution < 1.29 is 65.2 Å². The third-order valence-electron chi connectivity index (χ3n) is 7.49. The minimum Gasteiger partial charge on any atom is -0.459 e. The van der Waals surface area contributed by atoms with E-state index in [0.717, 1.165) is 38.5 Å². The molecule has 3 aliphatic heterocycles. The summed E-state index contributed by atoms with van der Waals surface area (Å²) in [5, 5.41) is 9.29. The van der Waals surface area contributed by atoms with E-state index < -0.39 is 82.3 Å². The van der Waals surface area contributed by atoms with Gasteiger partial charge in [0, 0.05) is 6.42 Å². The van der Waals surface area contributed by atoms with Gasteiger partial charge in [-0.1, -0.05) is 60.5 Å². The number of aliphatic hydroxyl groups is 1. The highest BCUT2D eigenvalue weighted by Crippen LogP contribution is 2.56. The number of thiol groups is 1. The molecule has 4 rings (SSSR count). The molecule has 11 atom stereocenters. The van der Waals surface area contributed by atoms with Crippen molar-refractivity contribution in [3.05, 3.63) is 0 Å². The molecule has 0 bridgehead atoms. The van der Waals surface area contributed by atoms with Crippen LogP contribution in [0.4, 0.5) is 8.78 Å². The molecule has 0 amide bonds. The highest BCUT2D eigenvalue weighted by atomic mass is 127. The van der Waals surface area contributed by atoms with Crippen molar-refractivity contribution in [1.29, 1.82) is 0 Å². The summed E-state index contributed by atoms with van der Waals surface area (Å²) in [6.45, 7) is -10.5. The van der Waals surface area contributed by atoms with Gasteiger partial charge in [0.05, 0.1) is 39.0 Å². The quantitative estimate of drug-likeness (QED) is 0.0618. The van der Waals surface area contributed by atoms with Gasteiger partial charge in [-0.05, 0) is 24.6 Å². The van der Waals surface area contributed by atoms with Crippen LogP contribution in [0.25, 0.3) is 0 Å². The molecular weight excluding hydrogens is 759 g/mol. The number of alkyl halides is 3. The number of carbonyl (C=O) groups is 1. The van der Waals surface area contributed by atoms with Crippen molar-refractivity contribution in [1.82, 2.24) is 0 Å². The normalized spacial score (nSPS) is 39.0. The van der Waals surface area contributed by atoms with Gasteiger partial charge in [-0.2, -0.15) is 0 Å². The third-order valence-corrected chi connectivity index (χ3v) is 11.5. The van der Waals surface area contributed by atoms with E-state index >= 15 is 0 Å². The molecule has 0 spiro atoms. The molecule has 3 saturated heterocycles. The van der Waals surface area contributed by atoms with Crippen molar-refractivity contribution in [3.63, 3.8) is 0 Å². The van der Waals surface area contributed by atoms with Gasteiger partial charge in [0.2, 0.25) is 0 Å². The van der Waals surface area contributed by atoms with E-state index in [1.54, 1.807) is 0 Å². The van der Waals surface area contributed by atoms with Gasteiger partial charge in [0.1, 0.15) is 40.7 Å². The second kappa shape index (κ2) is 16.2. The predicted molar refractivity (Wildman–Crippen MR) is 159 cm³/mol. The van der Waals surface area contributed by atoms with Crippen LogP contribution in [-0.2, 0) is 58.2 Å². The Kier molecular flexibility index (Phi) is 13.8. The number of rotatable bonds is 13. The zero-order valence-electron chi connectivity index (χ0n) is 22.6. The first-order valence-corrected chi connectivity index (χ1v) is 20.3. The van der Waals surface area contributed by atoms with Crippen molar-refractivity contribution >= 4 is 66.1 Å². The van der Waals surface area contributed by atoms with E-state index in [-0.39, 0.29) is 29.2 Å². The molecule has 2 N–H and O–H groups in total. The van der Waals surface area contributed by atoms with Crippen LogP contribution in [-0.4, -0.2) is 102 Å². The molecular formula is C23H37F2IO12P2S2. The van der Waals surface area contributed by atoms with Gasteiger partial charge >= 0.3 is 19.5 Å². The Morgan fingerprint density at radius 2 is 1.57 bits per heavy atom. The second-order valence-corrected chi connectivity index (χ2v) is 17.7. The van der Waals surface area contributed by atoms with Gasteiger partial charge in [-0.25, -0.2) is 13.3 Å². The van der Waals surface area contributed by atoms with Crippen LogP contribution in [0, 0.1) is 5.92 Å². The highest BCUT2D eigenvalue weighted by Gasteiger charge is 2.46. The molecule has 42 heavy (non-hydrogen) atoms. The lowest BCUT2D eigenvalue weighted by Gasteiger charge is -2.27. The SMILES string of the molecule is O=C(O[C@H]1C[C@H](I)O[C@@H]1COP(O)(=S)O[C@H]1[C@@H](F)CO[C@@H]1COP(=O)(S)O[C@H]1[C@@H](F)CO[C@@H]1CO)C1CCCCCC1. The van der Waals surface area contributed by atoms with Crippen molar-refractivity contribution in [2.45, 2.75) is 98.0 Å². The Bertz CT molecular complexity index is 999. The Morgan fingerprint density at radius 3 is 2.21 bits per heavy atom. The average molecular weight is 797 g/mol. The minimum absolute atomic E-state index is 0.156. The van der Waals surface area contributed by atoms with Crippen LogP contribution in [0.15, 0.2) is 0 Å². The van der Waals surface area contributed by atoms with Crippen molar-refractivity contribution in [2.75, 3.05) is 33.0 Å². The maximum atomic E-state index is 14.7. The number of aliphatic hydroxyl groups excluding tert-OH is 1. The summed E-state index contributed by atoms with van der Waals surface area (Å²) in [5.74, 6) is -0.428. The smallest absolute Gasteiger partial charge is 0.386 e. The number of hydrogen-bond donors (Lipinski definition) is 3. The number of carbonyl (C=O) groups excluding carboxylic acids is 1. The number of esters is 1. The Labute approximate surface area is 267 Å². The molecule has 0 aromatic carbocycles. The summed E-state index contributed by atoms with van der Waals surface area (Å²) in [6, 6.07) is 0. The molecule has 244 valence electrons. The molecule has 0 aromatic heterocycles. The van der Waals surface area contributed by atoms with Crippen LogP contribution in [0.2, 0.25) is 0 Å². The van der Waals surface area contributed by atoms with E-state index in [9.17, 15) is 28.1 Å². The van der Waals surface area contributed by atoms with Crippen molar-refractivity contribution in [2.24, 2.45) is 5.92 Å². The van der Waals surface area contributed by atoms with Gasteiger partial charge < -0.3 is 33.5 Å². The molecule has 1 saturated carbocycles. The first-order valence-electron chi connectivity index (χ1n) is 13.8. The molecule has 19 heteroatoms. The maximum absolute atomic E-state index is 14.7. The molecule has 2 unspecified atom stereocenters. The average Bonchev–Trinajstić information content (AvgIpc) is 3.47. The fourth-order valence-electron chi connectivity index (χ4n) is 5.25. The maximum Gasteiger partial charge on any atom is 0.386 e. The van der Waals surface area contributed by atoms with Gasteiger partial charge in [0.25, 0.3) is 0 Å². The fraction of sp³-hybridized carbons (Fsp3) is 0.957. The van der Waals surface area contributed by atoms with Gasteiger partial charge in [-0.3, -0.25) is 18.4 Å². The highest BCUT2D eigenvalue weighted by molar-refractivity contribution is 14.1. The summed E-state index contributed by atoms with van der Waals surface area (Å²) in [5.41, 5.74) is 0. The van der Waals surface area contributed by atoms with E-state index in [1.165, 1.54) is 0 Å². The van der Waals surface area contributed by atoms with E-state index in [2.05, 4.69) is 34.8 Å². The van der Waals surface area contributed by atoms with Crippen LogP contribution in [0.1, 0.15) is 44.9 Å². The number of ether oxygens (including phenoxy) is 4. The monoisotopic (exact) mass is 796 g/mol. The van der Waals surface area contributed by atoms with E-state index in [1.807, 2.05) is 0 Å². The summed E-state index contributed by atoms with van der Waals surface area (Å²) in [6.07, 6.45) is -3.61. The van der Waals surface area contributed by atoms with Crippen LogP contribution >= 0.6 is 48.4 Å². The van der Waals surface area contributed by atoms with Gasteiger partial charge in [0.15, 0.2) is 12.3 Å². The Morgan fingerprint density at radius 1 is 0.976 bits per heavy atom. The van der Waals surface area contributed by atoms with Crippen LogP contribution in [0.5, 0.6) is 0 Å². The summed E-state index contributed by atoms with van der Waals surface area (Å²) >= 11 is 11.0. The molecule has 4 aliphatic rings. The molecule has 1 aliphatic carbocycles. The molecule has 0 radical (unpaired) electrons. The topological polar surface area (TPSA) is 148 Å². The predicted octanol–water partition coefficient (Wildman–Crippen LogP) is 3.94. The largest absolute Gasteiger partial charge is 0.459 e. The lowest BCUT2D eigenvalue weighted by atomic mass is 10.0. The standard InChI is InChI=1S/C23H37F2IO12P2S2/c24-14-9-31-17(8-27)21(14)37-40(30,42)34-12-19-22(15(25)10-32-19)38-39(29,41)33-11-18-16(7-20(26)35-18)36-23(28)13-5-3-1-2-4-6-13/h13-22,27H,1-12H2,(H,29,41)(H,30,42)/t14-,15-,16-,17+,18+,19+,20+,21-,22-,39?,40?/m0/s1. The zero-order valence-corrected chi connectivity index (χ0v) is 28.3. The summed E-state index contributed by atoms with van der Waals surface area (Å²) in [4.78, 5) is 23.5. The molecule has 12 nitrogen and oxygen atoms in total. The number of halogens is 3.